The van der Waals surface area contributed by atoms with Crippen molar-refractivity contribution in [3.8, 4) is 0 Å². The first-order chi connectivity index (χ1) is 10.3. The molecule has 0 aromatic carbocycles. The molecular weight excluding hydrogens is 297 g/mol. The molecular formula is C14H15F3N4O. The van der Waals surface area contributed by atoms with Gasteiger partial charge >= 0.3 is 6.18 Å². The second kappa shape index (κ2) is 5.35. The fourth-order valence-corrected chi connectivity index (χ4v) is 2.60. The van der Waals surface area contributed by atoms with Crippen molar-refractivity contribution in [1.82, 2.24) is 20.0 Å². The van der Waals surface area contributed by atoms with Crippen molar-refractivity contribution in [1.29, 1.82) is 0 Å². The summed E-state index contributed by atoms with van der Waals surface area (Å²) in [5.41, 5.74) is 3.09. The molecule has 8 heteroatoms. The van der Waals surface area contributed by atoms with Gasteiger partial charge in [0.25, 0.3) is 0 Å². The lowest BCUT2D eigenvalue weighted by molar-refractivity contribution is -0.145. The minimum Gasteiger partial charge on any atom is -0.361 e. The van der Waals surface area contributed by atoms with Crippen molar-refractivity contribution >= 4 is 0 Å². The van der Waals surface area contributed by atoms with Crippen LogP contribution in [-0.2, 0) is 25.7 Å². The summed E-state index contributed by atoms with van der Waals surface area (Å²) in [5, 5.41) is 3.91. The van der Waals surface area contributed by atoms with Crippen LogP contribution in [0.2, 0.25) is 0 Å². The first-order valence-electron chi connectivity index (χ1n) is 6.90. The Morgan fingerprint density at radius 2 is 2.09 bits per heavy atom. The highest BCUT2D eigenvalue weighted by Crippen LogP contribution is 2.28. The van der Waals surface area contributed by atoms with Crippen LogP contribution in [0.5, 0.6) is 0 Å². The van der Waals surface area contributed by atoms with Crippen molar-refractivity contribution in [2.24, 2.45) is 0 Å². The second-order valence-corrected chi connectivity index (χ2v) is 5.43. The highest BCUT2D eigenvalue weighted by molar-refractivity contribution is 5.24. The Hall–Kier alpha value is -1.96. The molecule has 3 rings (SSSR count). The number of aryl methyl sites for hydroxylation is 2. The summed E-state index contributed by atoms with van der Waals surface area (Å²) < 4.78 is 43.0. The molecule has 0 saturated carbocycles. The third-order valence-corrected chi connectivity index (χ3v) is 3.83. The van der Waals surface area contributed by atoms with Crippen LogP contribution in [0.1, 0.15) is 34.1 Å². The van der Waals surface area contributed by atoms with E-state index in [4.69, 9.17) is 4.52 Å². The predicted octanol–water partition coefficient (Wildman–Crippen LogP) is 2.66. The lowest BCUT2D eigenvalue weighted by Gasteiger charge is -2.28. The largest absolute Gasteiger partial charge is 0.451 e. The van der Waals surface area contributed by atoms with Crippen molar-refractivity contribution in [3.63, 3.8) is 0 Å². The number of rotatable bonds is 2. The third-order valence-electron chi connectivity index (χ3n) is 3.83. The zero-order chi connectivity index (χ0) is 15.9. The van der Waals surface area contributed by atoms with Crippen molar-refractivity contribution < 1.29 is 17.7 Å². The van der Waals surface area contributed by atoms with E-state index in [1.165, 1.54) is 6.20 Å². The zero-order valence-corrected chi connectivity index (χ0v) is 12.2. The monoisotopic (exact) mass is 312 g/mol. The highest BCUT2D eigenvalue weighted by Gasteiger charge is 2.35. The fraction of sp³-hybridized carbons (Fsp3) is 0.500. The van der Waals surface area contributed by atoms with E-state index in [9.17, 15) is 13.2 Å². The minimum absolute atomic E-state index is 0.476. The van der Waals surface area contributed by atoms with Crippen LogP contribution in [0.25, 0.3) is 0 Å². The predicted molar refractivity (Wildman–Crippen MR) is 70.8 cm³/mol. The van der Waals surface area contributed by atoms with Gasteiger partial charge in [-0.1, -0.05) is 5.16 Å². The summed E-state index contributed by atoms with van der Waals surface area (Å²) in [6.07, 6.45) is -2.74. The van der Waals surface area contributed by atoms with Gasteiger partial charge in [0.1, 0.15) is 5.76 Å². The van der Waals surface area contributed by atoms with Crippen LogP contribution < -0.4 is 0 Å². The SMILES string of the molecule is Cc1noc(C)c1CN1CCc2nc(C(F)(F)F)ncc2C1. The summed E-state index contributed by atoms with van der Waals surface area (Å²) in [6.45, 7) is 5.55. The average molecular weight is 312 g/mol. The molecule has 5 nitrogen and oxygen atoms in total. The average Bonchev–Trinajstić information content (AvgIpc) is 2.77. The van der Waals surface area contributed by atoms with Gasteiger partial charge in [-0.05, 0) is 13.8 Å². The summed E-state index contributed by atoms with van der Waals surface area (Å²) in [6, 6.07) is 0. The normalized spacial score (nSPS) is 15.9. The van der Waals surface area contributed by atoms with Crippen LogP contribution >= 0.6 is 0 Å². The lowest BCUT2D eigenvalue weighted by atomic mass is 10.1. The van der Waals surface area contributed by atoms with E-state index in [1.54, 1.807) is 0 Å². The van der Waals surface area contributed by atoms with Gasteiger partial charge in [0.2, 0.25) is 5.82 Å². The van der Waals surface area contributed by atoms with E-state index in [0.29, 0.717) is 31.7 Å². The molecule has 118 valence electrons. The topological polar surface area (TPSA) is 55.1 Å². The Kier molecular flexibility index (Phi) is 3.64. The van der Waals surface area contributed by atoms with Crippen molar-refractivity contribution in [2.75, 3.05) is 6.54 Å². The first kappa shape index (κ1) is 15.0. The molecule has 2 aromatic heterocycles. The van der Waals surface area contributed by atoms with Crippen LogP contribution in [-0.4, -0.2) is 26.6 Å². The number of alkyl halides is 3. The van der Waals surface area contributed by atoms with Crippen molar-refractivity contribution in [3.05, 3.63) is 40.3 Å². The summed E-state index contributed by atoms with van der Waals surface area (Å²) in [4.78, 5) is 9.22. The van der Waals surface area contributed by atoms with E-state index in [0.717, 1.165) is 22.6 Å². The van der Waals surface area contributed by atoms with Gasteiger partial charge in [0.15, 0.2) is 0 Å². The Morgan fingerprint density at radius 3 is 2.73 bits per heavy atom. The summed E-state index contributed by atoms with van der Waals surface area (Å²) >= 11 is 0. The van der Waals surface area contributed by atoms with Crippen LogP contribution in [0.4, 0.5) is 13.2 Å². The summed E-state index contributed by atoms with van der Waals surface area (Å²) in [5.74, 6) is -0.294. The number of hydrogen-bond donors (Lipinski definition) is 0. The maximum absolute atomic E-state index is 12.6. The van der Waals surface area contributed by atoms with E-state index < -0.39 is 12.0 Å². The van der Waals surface area contributed by atoms with Gasteiger partial charge in [-0.15, -0.1) is 0 Å². The van der Waals surface area contributed by atoms with Crippen LogP contribution in [0.15, 0.2) is 10.7 Å². The minimum atomic E-state index is -4.50. The molecule has 0 saturated heterocycles. The molecule has 1 aliphatic rings. The number of nitrogens with zero attached hydrogens (tertiary/aromatic N) is 4. The van der Waals surface area contributed by atoms with E-state index in [1.807, 2.05) is 13.8 Å². The van der Waals surface area contributed by atoms with Gasteiger partial charge in [0.05, 0.1) is 11.4 Å². The number of fused-ring (bicyclic) bond motifs is 1. The Balaban J connectivity index is 1.77. The van der Waals surface area contributed by atoms with Crippen LogP contribution in [0.3, 0.4) is 0 Å². The van der Waals surface area contributed by atoms with Crippen molar-refractivity contribution in [2.45, 2.75) is 39.5 Å². The number of hydrogen-bond acceptors (Lipinski definition) is 5. The standard InChI is InChI=1S/C14H15F3N4O/c1-8-11(9(2)22-20-8)7-21-4-3-12-10(6-21)5-18-13(19-12)14(15,16)17/h5H,3-4,6-7H2,1-2H3. The molecule has 0 radical (unpaired) electrons. The van der Waals surface area contributed by atoms with E-state index in [-0.39, 0.29) is 0 Å². The summed E-state index contributed by atoms with van der Waals surface area (Å²) in [7, 11) is 0. The number of aromatic nitrogens is 3. The smallest absolute Gasteiger partial charge is 0.361 e. The third kappa shape index (κ3) is 2.83. The number of halogens is 3. The molecule has 0 unspecified atom stereocenters. The molecule has 0 N–H and O–H groups in total. The van der Waals surface area contributed by atoms with Crippen LogP contribution in [0, 0.1) is 13.8 Å². The molecule has 0 atom stereocenters. The molecule has 22 heavy (non-hydrogen) atoms. The first-order valence-corrected chi connectivity index (χ1v) is 6.90. The molecule has 3 heterocycles. The van der Waals surface area contributed by atoms with Gasteiger partial charge in [-0.3, -0.25) is 4.90 Å². The fourth-order valence-electron chi connectivity index (χ4n) is 2.60. The molecule has 0 amide bonds. The Bertz CT molecular complexity index is 676. The zero-order valence-electron chi connectivity index (χ0n) is 12.2. The van der Waals surface area contributed by atoms with E-state index >= 15 is 0 Å². The molecule has 1 aliphatic heterocycles. The lowest BCUT2D eigenvalue weighted by Crippen LogP contribution is -2.32. The quantitative estimate of drug-likeness (QED) is 0.853. The van der Waals surface area contributed by atoms with Gasteiger partial charge in [-0.2, -0.15) is 13.2 Å². The Morgan fingerprint density at radius 1 is 1.32 bits per heavy atom. The van der Waals surface area contributed by atoms with E-state index in [2.05, 4.69) is 20.0 Å². The molecule has 2 aromatic rings. The molecule has 0 spiro atoms. The molecule has 0 aliphatic carbocycles. The maximum atomic E-state index is 12.6. The second-order valence-electron chi connectivity index (χ2n) is 5.43. The molecule has 0 fully saturated rings. The molecule has 0 bridgehead atoms. The Labute approximate surface area is 125 Å². The van der Waals surface area contributed by atoms with Gasteiger partial charge < -0.3 is 4.52 Å². The van der Waals surface area contributed by atoms with Gasteiger partial charge in [-0.25, -0.2) is 9.97 Å². The van der Waals surface area contributed by atoms with Gasteiger partial charge in [0, 0.05) is 43.4 Å². The highest BCUT2D eigenvalue weighted by atomic mass is 19.4. The maximum Gasteiger partial charge on any atom is 0.451 e.